The van der Waals surface area contributed by atoms with Crippen molar-refractivity contribution in [1.82, 2.24) is 10.2 Å². The van der Waals surface area contributed by atoms with E-state index in [4.69, 9.17) is 23.2 Å². The Balaban J connectivity index is 2.05. The summed E-state index contributed by atoms with van der Waals surface area (Å²) in [6, 6.07) is 9.12. The van der Waals surface area contributed by atoms with E-state index in [-0.39, 0.29) is 17.8 Å². The van der Waals surface area contributed by atoms with Crippen LogP contribution in [0.4, 0.5) is 13.2 Å². The zero-order valence-electron chi connectivity index (χ0n) is 13.4. The van der Waals surface area contributed by atoms with E-state index in [9.17, 15) is 23.1 Å². The highest BCUT2D eigenvalue weighted by atomic mass is 35.5. The maximum atomic E-state index is 12.8. The molecule has 0 aliphatic heterocycles. The molecule has 27 heavy (non-hydrogen) atoms. The first-order valence-electron chi connectivity index (χ1n) is 7.59. The van der Waals surface area contributed by atoms with Gasteiger partial charge >= 0.3 is 12.1 Å². The van der Waals surface area contributed by atoms with E-state index in [2.05, 4.69) is 10.2 Å². The molecule has 0 spiro atoms. The Kier molecular flexibility index (Phi) is 5.17. The molecule has 0 radical (unpaired) electrons. The van der Waals surface area contributed by atoms with Crippen LogP contribution in [0.2, 0.25) is 10.0 Å². The Morgan fingerprint density at radius 3 is 2.33 bits per heavy atom. The molecule has 0 aliphatic rings. The van der Waals surface area contributed by atoms with Gasteiger partial charge in [-0.3, -0.25) is 5.10 Å². The quantitative estimate of drug-likeness (QED) is 0.575. The number of rotatable bonds is 4. The number of carbonyl (C=O) groups is 1. The lowest BCUT2D eigenvalue weighted by molar-refractivity contribution is -0.137. The van der Waals surface area contributed by atoms with Crippen molar-refractivity contribution in [2.45, 2.75) is 12.6 Å². The fourth-order valence-electron chi connectivity index (χ4n) is 2.63. The summed E-state index contributed by atoms with van der Waals surface area (Å²) in [5.41, 5.74) is 0.557. The molecule has 0 saturated carbocycles. The maximum absolute atomic E-state index is 12.8. The number of hydrogen-bond acceptors (Lipinski definition) is 2. The third kappa shape index (κ3) is 4.09. The highest BCUT2D eigenvalue weighted by Gasteiger charge is 2.30. The molecule has 0 amide bonds. The smallest absolute Gasteiger partial charge is 0.416 e. The van der Waals surface area contributed by atoms with Crippen molar-refractivity contribution in [3.8, 4) is 11.3 Å². The fourth-order valence-corrected chi connectivity index (χ4v) is 3.10. The monoisotopic (exact) mass is 414 g/mol. The third-order valence-electron chi connectivity index (χ3n) is 3.95. The second-order valence-electron chi connectivity index (χ2n) is 5.72. The molecular weight excluding hydrogens is 404 g/mol. The van der Waals surface area contributed by atoms with Gasteiger partial charge in [-0.25, -0.2) is 4.79 Å². The topological polar surface area (TPSA) is 66.0 Å². The minimum Gasteiger partial charge on any atom is -0.477 e. The second kappa shape index (κ2) is 7.25. The summed E-state index contributed by atoms with van der Waals surface area (Å²) in [4.78, 5) is 11.5. The molecule has 2 aromatic carbocycles. The number of benzene rings is 2. The number of halogens is 5. The highest BCUT2D eigenvalue weighted by Crippen LogP contribution is 2.33. The molecule has 0 aliphatic carbocycles. The first-order valence-corrected chi connectivity index (χ1v) is 8.34. The predicted molar refractivity (Wildman–Crippen MR) is 95.3 cm³/mol. The lowest BCUT2D eigenvalue weighted by atomic mass is 9.98. The molecule has 0 fully saturated rings. The molecule has 1 aromatic heterocycles. The van der Waals surface area contributed by atoms with Gasteiger partial charge in [-0.15, -0.1) is 0 Å². The van der Waals surface area contributed by atoms with Gasteiger partial charge in [0.25, 0.3) is 0 Å². The van der Waals surface area contributed by atoms with Gasteiger partial charge in [0.15, 0.2) is 0 Å². The average molecular weight is 415 g/mol. The van der Waals surface area contributed by atoms with E-state index in [1.807, 2.05) is 0 Å². The molecule has 3 aromatic rings. The first-order chi connectivity index (χ1) is 12.7. The fraction of sp³-hybridized carbons (Fsp3) is 0.111. The van der Waals surface area contributed by atoms with Crippen LogP contribution in [0.3, 0.4) is 0 Å². The normalized spacial score (nSPS) is 11.6. The van der Waals surface area contributed by atoms with Crippen LogP contribution in [-0.2, 0) is 12.6 Å². The van der Waals surface area contributed by atoms with Crippen molar-refractivity contribution >= 4 is 29.2 Å². The van der Waals surface area contributed by atoms with Crippen molar-refractivity contribution in [3.63, 3.8) is 0 Å². The van der Waals surface area contributed by atoms with Gasteiger partial charge in [-0.2, -0.15) is 18.3 Å². The van der Waals surface area contributed by atoms with Crippen LogP contribution in [0.25, 0.3) is 11.3 Å². The number of carboxylic acid groups (broad SMARTS) is 1. The number of nitrogens with one attached hydrogen (secondary N) is 1. The summed E-state index contributed by atoms with van der Waals surface area (Å²) in [5, 5.41) is 16.6. The summed E-state index contributed by atoms with van der Waals surface area (Å²) in [5.74, 6) is -1.24. The van der Waals surface area contributed by atoms with E-state index >= 15 is 0 Å². The number of alkyl halides is 3. The van der Waals surface area contributed by atoms with Crippen LogP contribution >= 0.6 is 23.2 Å². The molecule has 2 N–H and O–H groups in total. The minimum absolute atomic E-state index is 0.116. The molecule has 0 unspecified atom stereocenters. The number of aromatic carboxylic acids is 1. The van der Waals surface area contributed by atoms with E-state index < -0.39 is 17.7 Å². The molecule has 3 rings (SSSR count). The van der Waals surface area contributed by atoms with Crippen LogP contribution in [0.5, 0.6) is 0 Å². The highest BCUT2D eigenvalue weighted by molar-refractivity contribution is 6.35. The molecule has 0 bridgehead atoms. The van der Waals surface area contributed by atoms with Crippen molar-refractivity contribution in [2.75, 3.05) is 0 Å². The SMILES string of the molecule is O=C(O)c1[nH]nc(-c2ccc(C(F)(F)F)cc2)c1Cc1ccc(Cl)cc1Cl. The van der Waals surface area contributed by atoms with Crippen LogP contribution in [-0.4, -0.2) is 21.3 Å². The number of aromatic nitrogens is 2. The van der Waals surface area contributed by atoms with E-state index in [1.54, 1.807) is 12.1 Å². The van der Waals surface area contributed by atoms with Gasteiger partial charge in [0.2, 0.25) is 0 Å². The third-order valence-corrected chi connectivity index (χ3v) is 4.54. The standard InChI is InChI=1S/C18H11Cl2F3N2O2/c19-12-6-3-10(14(20)8-12)7-13-15(24-25-16(13)17(26)27)9-1-4-11(5-2-9)18(21,22)23/h1-6,8H,7H2,(H,24,25)(H,26,27). The van der Waals surface area contributed by atoms with Crippen molar-refractivity contribution < 1.29 is 23.1 Å². The summed E-state index contributed by atoms with van der Waals surface area (Å²) in [6.07, 6.45) is -4.35. The van der Waals surface area contributed by atoms with Crippen LogP contribution in [0.15, 0.2) is 42.5 Å². The number of carboxylic acids is 1. The molecule has 0 saturated heterocycles. The van der Waals surface area contributed by atoms with E-state index in [0.717, 1.165) is 12.1 Å². The summed E-state index contributed by atoms with van der Waals surface area (Å²) >= 11 is 12.0. The lowest BCUT2D eigenvalue weighted by Crippen LogP contribution is -2.04. The average Bonchev–Trinajstić information content (AvgIpc) is 3.00. The minimum atomic E-state index is -4.46. The Hall–Kier alpha value is -2.51. The Morgan fingerprint density at radius 1 is 1.11 bits per heavy atom. The van der Waals surface area contributed by atoms with Crippen molar-refractivity contribution in [1.29, 1.82) is 0 Å². The van der Waals surface area contributed by atoms with Gasteiger partial charge in [0.05, 0.1) is 11.3 Å². The molecule has 9 heteroatoms. The van der Waals surface area contributed by atoms with Gasteiger partial charge in [-0.05, 0) is 29.8 Å². The largest absolute Gasteiger partial charge is 0.477 e. The summed E-state index contributed by atoms with van der Waals surface area (Å²) in [7, 11) is 0. The molecular formula is C18H11Cl2F3N2O2. The Labute approximate surface area is 161 Å². The second-order valence-corrected chi connectivity index (χ2v) is 6.56. The number of H-pyrrole nitrogens is 1. The van der Waals surface area contributed by atoms with E-state index in [1.165, 1.54) is 18.2 Å². The van der Waals surface area contributed by atoms with Gasteiger partial charge in [0, 0.05) is 27.6 Å². The van der Waals surface area contributed by atoms with Crippen molar-refractivity contribution in [3.05, 3.63) is 74.9 Å². The maximum Gasteiger partial charge on any atom is 0.416 e. The number of aromatic amines is 1. The van der Waals surface area contributed by atoms with Gasteiger partial charge < -0.3 is 5.11 Å². The van der Waals surface area contributed by atoms with Gasteiger partial charge in [-0.1, -0.05) is 41.4 Å². The van der Waals surface area contributed by atoms with Crippen LogP contribution in [0, 0.1) is 0 Å². The van der Waals surface area contributed by atoms with E-state index in [0.29, 0.717) is 26.7 Å². The Morgan fingerprint density at radius 2 is 1.78 bits per heavy atom. The predicted octanol–water partition coefficient (Wildman–Crippen LogP) is 5.69. The zero-order valence-corrected chi connectivity index (χ0v) is 15.0. The van der Waals surface area contributed by atoms with Crippen LogP contribution < -0.4 is 0 Å². The lowest BCUT2D eigenvalue weighted by Gasteiger charge is -2.09. The Bertz CT molecular complexity index is 999. The molecule has 0 atom stereocenters. The van der Waals surface area contributed by atoms with Gasteiger partial charge in [0.1, 0.15) is 5.69 Å². The summed E-state index contributed by atoms with van der Waals surface area (Å²) in [6.45, 7) is 0. The van der Waals surface area contributed by atoms with Crippen LogP contribution in [0.1, 0.15) is 27.2 Å². The molecule has 4 nitrogen and oxygen atoms in total. The summed E-state index contributed by atoms with van der Waals surface area (Å²) < 4.78 is 38.3. The molecule has 140 valence electrons. The number of hydrogen-bond donors (Lipinski definition) is 2. The zero-order chi connectivity index (χ0) is 19.8. The molecule has 1 heterocycles. The first kappa shape index (κ1) is 19.3. The number of nitrogens with zero attached hydrogens (tertiary/aromatic N) is 1. The van der Waals surface area contributed by atoms with Crippen molar-refractivity contribution in [2.24, 2.45) is 0 Å².